The Morgan fingerprint density at radius 2 is 1.53 bits per heavy atom. The van der Waals surface area contributed by atoms with Gasteiger partial charge in [-0.25, -0.2) is 0 Å². The van der Waals surface area contributed by atoms with Crippen LogP contribution in [-0.4, -0.2) is 45.5 Å². The number of carbonyl (C=O) groups is 1. The number of rotatable bonds is 9. The highest BCUT2D eigenvalue weighted by molar-refractivity contribution is 6.36. The first-order valence-electron chi connectivity index (χ1n) is 6.25. The maximum Gasteiger partial charge on any atom is 0.484 e. The van der Waals surface area contributed by atoms with Crippen molar-refractivity contribution >= 4 is 25.7 Å². The summed E-state index contributed by atoms with van der Waals surface area (Å²) in [4.78, 5) is 10.00. The second-order valence-corrected chi connectivity index (χ2v) is 5.80. The Bertz CT molecular complexity index is 158. The molecule has 0 saturated heterocycles. The molecule has 0 unspecified atom stereocenters. The lowest BCUT2D eigenvalue weighted by molar-refractivity contribution is -0.118. The smallest absolute Gasteiger partial charge is 0.376 e. The summed E-state index contributed by atoms with van der Waals surface area (Å²) in [5.74, 6) is -0.171. The van der Waals surface area contributed by atoms with Gasteiger partial charge in [-0.2, -0.15) is 0 Å². The van der Waals surface area contributed by atoms with Crippen LogP contribution in [-0.2, 0) is 18.1 Å². The van der Waals surface area contributed by atoms with Crippen molar-refractivity contribution in [3.05, 3.63) is 0 Å². The van der Waals surface area contributed by atoms with Crippen LogP contribution in [0.4, 0.5) is 0 Å². The van der Waals surface area contributed by atoms with Crippen LogP contribution in [0.3, 0.4) is 0 Å². The van der Waals surface area contributed by atoms with E-state index in [0.29, 0.717) is 26.2 Å². The second-order valence-electron chi connectivity index (χ2n) is 3.22. The van der Waals surface area contributed by atoms with E-state index in [2.05, 4.69) is 0 Å². The molecule has 0 rings (SSSR count). The first kappa shape index (κ1) is 19.1. The number of nitrogens with two attached hydrogens (primary N) is 1. The Balaban J connectivity index is 0. The van der Waals surface area contributed by atoms with Crippen molar-refractivity contribution in [1.29, 1.82) is 0 Å². The summed E-state index contributed by atoms with van der Waals surface area (Å²) in [6.07, 6.45) is 1.56. The second kappa shape index (κ2) is 15.8. The molecule has 0 radical (unpaired) electrons. The molecule has 0 bridgehead atoms. The molecule has 104 valence electrons. The minimum Gasteiger partial charge on any atom is -0.376 e. The molecular formula is C10H27NO4Si2. The Morgan fingerprint density at radius 1 is 1.12 bits per heavy atom. The average Bonchev–Trinajstić information content (AvgIpc) is 2.28. The lowest BCUT2D eigenvalue weighted by Gasteiger charge is -2.12. The fourth-order valence-corrected chi connectivity index (χ4v) is 2.36. The van der Waals surface area contributed by atoms with Crippen molar-refractivity contribution < 1.29 is 18.1 Å². The topological polar surface area (TPSA) is 70.8 Å². The largest absolute Gasteiger partial charge is 0.484 e. The van der Waals surface area contributed by atoms with E-state index in [1.165, 1.54) is 16.3 Å². The van der Waals surface area contributed by atoms with Gasteiger partial charge in [0.1, 0.15) is 0 Å². The van der Waals surface area contributed by atoms with Gasteiger partial charge < -0.3 is 19.0 Å². The minimum atomic E-state index is -1.73. The van der Waals surface area contributed by atoms with E-state index in [0.717, 1.165) is 6.42 Å². The maximum atomic E-state index is 10.00. The summed E-state index contributed by atoms with van der Waals surface area (Å²) in [6.45, 7) is 7.86. The number of carbonyl (C=O) groups excluding carboxylic acids is 1. The van der Waals surface area contributed by atoms with E-state index in [4.69, 9.17) is 19.0 Å². The molecular weight excluding hydrogens is 254 g/mol. The standard InChI is InChI=1S/C6H16O3Si.C4H11NOSi/c1-4-7-10(8-5-2)9-6-3;5-4(6)2-1-3-7/h10H,4-6H2,1-3H3;1-3H2,7H3,(H2,5,6). The molecule has 0 aliphatic heterocycles. The van der Waals surface area contributed by atoms with Gasteiger partial charge in [0.15, 0.2) is 0 Å². The van der Waals surface area contributed by atoms with E-state index in [-0.39, 0.29) is 5.91 Å². The van der Waals surface area contributed by atoms with E-state index < -0.39 is 9.53 Å². The average molecular weight is 282 g/mol. The Labute approximate surface area is 109 Å². The van der Waals surface area contributed by atoms with Crippen LogP contribution < -0.4 is 5.73 Å². The number of amides is 1. The summed E-state index contributed by atoms with van der Waals surface area (Å²) >= 11 is 0. The molecule has 0 saturated carbocycles. The molecule has 0 heterocycles. The van der Waals surface area contributed by atoms with Crippen LogP contribution in [0, 0.1) is 0 Å². The highest BCUT2D eigenvalue weighted by Crippen LogP contribution is 1.91. The molecule has 0 aromatic carbocycles. The molecule has 7 heteroatoms. The van der Waals surface area contributed by atoms with Gasteiger partial charge in [-0.3, -0.25) is 4.79 Å². The van der Waals surface area contributed by atoms with Crippen molar-refractivity contribution in [2.24, 2.45) is 5.73 Å². The Morgan fingerprint density at radius 3 is 1.71 bits per heavy atom. The highest BCUT2D eigenvalue weighted by Gasteiger charge is 2.11. The van der Waals surface area contributed by atoms with Gasteiger partial charge in [-0.15, -0.1) is 0 Å². The minimum absolute atomic E-state index is 0.171. The van der Waals surface area contributed by atoms with Crippen LogP contribution in [0.5, 0.6) is 0 Å². The summed E-state index contributed by atoms with van der Waals surface area (Å²) in [5, 5.41) is 0. The van der Waals surface area contributed by atoms with E-state index >= 15 is 0 Å². The Hall–Kier alpha value is -0.216. The van der Waals surface area contributed by atoms with Gasteiger partial charge in [0.25, 0.3) is 0 Å². The van der Waals surface area contributed by atoms with Crippen molar-refractivity contribution in [2.45, 2.75) is 39.7 Å². The number of primary amides is 1. The molecule has 0 aliphatic carbocycles. The summed E-state index contributed by atoms with van der Waals surface area (Å²) in [5.41, 5.74) is 4.86. The first-order valence-corrected chi connectivity index (χ1v) is 9.08. The maximum absolute atomic E-state index is 10.00. The fourth-order valence-electron chi connectivity index (χ4n) is 0.904. The molecule has 5 nitrogen and oxygen atoms in total. The van der Waals surface area contributed by atoms with Crippen LogP contribution >= 0.6 is 0 Å². The Kier molecular flexibility index (Phi) is 17.8. The van der Waals surface area contributed by atoms with Gasteiger partial charge in [-0.1, -0.05) is 6.04 Å². The van der Waals surface area contributed by atoms with E-state index in [1.54, 1.807) is 0 Å². The summed E-state index contributed by atoms with van der Waals surface area (Å²) in [7, 11) is -0.547. The van der Waals surface area contributed by atoms with Crippen molar-refractivity contribution in [2.75, 3.05) is 19.8 Å². The molecule has 0 aromatic heterocycles. The lowest BCUT2D eigenvalue weighted by atomic mass is 10.3. The molecule has 0 atom stereocenters. The summed E-state index contributed by atoms with van der Waals surface area (Å²) < 4.78 is 15.7. The van der Waals surface area contributed by atoms with Crippen LogP contribution in [0.15, 0.2) is 0 Å². The number of hydrogen-bond donors (Lipinski definition) is 1. The van der Waals surface area contributed by atoms with Crippen LogP contribution in [0.1, 0.15) is 33.6 Å². The molecule has 0 aromatic rings. The van der Waals surface area contributed by atoms with Gasteiger partial charge in [0, 0.05) is 36.5 Å². The van der Waals surface area contributed by atoms with E-state index in [9.17, 15) is 4.79 Å². The third kappa shape index (κ3) is 18.3. The predicted octanol–water partition coefficient (Wildman–Crippen LogP) is -0.151. The number of hydrogen-bond acceptors (Lipinski definition) is 4. The molecule has 0 spiro atoms. The molecule has 0 aliphatic rings. The van der Waals surface area contributed by atoms with Crippen LogP contribution in [0.25, 0.3) is 0 Å². The van der Waals surface area contributed by atoms with E-state index in [1.807, 2.05) is 20.8 Å². The zero-order chi connectivity index (χ0) is 13.5. The molecule has 0 fully saturated rings. The van der Waals surface area contributed by atoms with Crippen LogP contribution in [0.2, 0.25) is 6.04 Å². The summed E-state index contributed by atoms with van der Waals surface area (Å²) in [6, 6.07) is 1.18. The third-order valence-corrected chi connectivity index (χ3v) is 4.21. The predicted molar refractivity (Wildman–Crippen MR) is 75.2 cm³/mol. The SMILES string of the molecule is CCO[SiH](OCC)OCC.NC(=O)CCC[SiH3]. The van der Waals surface area contributed by atoms with Gasteiger partial charge in [-0.05, 0) is 27.2 Å². The monoisotopic (exact) mass is 281 g/mol. The molecule has 2 N–H and O–H groups in total. The van der Waals surface area contributed by atoms with Crippen molar-refractivity contribution in [1.82, 2.24) is 0 Å². The third-order valence-electron chi connectivity index (χ3n) is 1.68. The first-order chi connectivity index (χ1) is 8.12. The van der Waals surface area contributed by atoms with Crippen molar-refractivity contribution in [3.63, 3.8) is 0 Å². The highest BCUT2D eigenvalue weighted by atomic mass is 28.3. The fraction of sp³-hybridized carbons (Fsp3) is 0.900. The molecule has 17 heavy (non-hydrogen) atoms. The lowest BCUT2D eigenvalue weighted by Crippen LogP contribution is -2.27. The van der Waals surface area contributed by atoms with Gasteiger partial charge in [0.05, 0.1) is 0 Å². The van der Waals surface area contributed by atoms with Crippen molar-refractivity contribution in [3.8, 4) is 0 Å². The van der Waals surface area contributed by atoms with Gasteiger partial charge >= 0.3 is 9.53 Å². The zero-order valence-electron chi connectivity index (χ0n) is 11.5. The quantitative estimate of drug-likeness (QED) is 0.597. The zero-order valence-corrected chi connectivity index (χ0v) is 14.7. The molecule has 1 amide bonds. The normalized spacial score (nSPS) is 10.1. The van der Waals surface area contributed by atoms with Gasteiger partial charge in [0.2, 0.25) is 5.91 Å².